The summed E-state index contributed by atoms with van der Waals surface area (Å²) in [6, 6.07) is 4.85. The fraction of sp³-hybridized carbons (Fsp3) is 0.632. The van der Waals surface area contributed by atoms with Gasteiger partial charge in [0.1, 0.15) is 11.9 Å². The van der Waals surface area contributed by atoms with E-state index in [1.54, 1.807) is 18.3 Å². The Morgan fingerprint density at radius 3 is 2.50 bits per heavy atom. The quantitative estimate of drug-likeness (QED) is 0.839. The van der Waals surface area contributed by atoms with Gasteiger partial charge >= 0.3 is 0 Å². The monoisotopic (exact) mass is 331 g/mol. The van der Waals surface area contributed by atoms with E-state index in [1.807, 2.05) is 6.07 Å². The molecule has 1 fully saturated rings. The Labute approximate surface area is 144 Å². The Hall–Kier alpha value is -1.91. The Morgan fingerprint density at radius 2 is 1.92 bits per heavy atom. The van der Waals surface area contributed by atoms with Crippen LogP contribution in [0.4, 0.5) is 5.82 Å². The summed E-state index contributed by atoms with van der Waals surface area (Å²) in [5.41, 5.74) is 0. The lowest BCUT2D eigenvalue weighted by Crippen LogP contribution is -2.47. The second kappa shape index (κ2) is 8.81. The van der Waals surface area contributed by atoms with Gasteiger partial charge in [-0.2, -0.15) is 0 Å². The maximum atomic E-state index is 12.6. The molecule has 0 bridgehead atoms. The van der Waals surface area contributed by atoms with Crippen molar-refractivity contribution in [3.63, 3.8) is 0 Å². The van der Waals surface area contributed by atoms with Crippen LogP contribution in [-0.2, 0) is 9.59 Å². The minimum Gasteiger partial charge on any atom is -0.344 e. The van der Waals surface area contributed by atoms with E-state index in [-0.39, 0.29) is 17.7 Å². The van der Waals surface area contributed by atoms with Crippen LogP contribution in [0.25, 0.3) is 0 Å². The Balaban J connectivity index is 1.96. The van der Waals surface area contributed by atoms with Crippen LogP contribution in [0.15, 0.2) is 24.4 Å². The number of carbonyl (C=O) groups is 2. The number of anilines is 1. The van der Waals surface area contributed by atoms with Crippen molar-refractivity contribution in [2.45, 2.75) is 58.9 Å². The molecule has 0 unspecified atom stereocenters. The molecule has 132 valence electrons. The molecule has 2 N–H and O–H groups in total. The summed E-state index contributed by atoms with van der Waals surface area (Å²) in [7, 11) is 0. The lowest BCUT2D eigenvalue weighted by atomic mass is 9.82. The molecule has 0 saturated heterocycles. The van der Waals surface area contributed by atoms with Crippen LogP contribution >= 0.6 is 0 Å². The van der Waals surface area contributed by atoms with E-state index >= 15 is 0 Å². The molecular formula is C19H29N3O2. The second-order valence-corrected chi connectivity index (χ2v) is 7.35. The van der Waals surface area contributed by atoms with Crippen LogP contribution in [0, 0.1) is 17.8 Å². The highest BCUT2D eigenvalue weighted by atomic mass is 16.2. The molecule has 0 aromatic carbocycles. The number of hydrogen-bond acceptors (Lipinski definition) is 3. The average Bonchev–Trinajstić information content (AvgIpc) is 2.55. The standard InChI is InChI=1S/C19H29N3O2/c1-13(2)12-16(19(24)22-17-6-4-5-11-20-17)21-18(23)15-9-7-14(3)8-10-15/h4-6,11,13-16H,7-10,12H2,1-3H3,(H,21,23)(H,20,22,24)/t14?,15?,16-/m1/s1. The van der Waals surface area contributed by atoms with Gasteiger partial charge in [-0.05, 0) is 56.1 Å². The third-order valence-electron chi connectivity index (χ3n) is 4.64. The molecule has 1 aromatic rings. The molecule has 1 aromatic heterocycles. The van der Waals surface area contributed by atoms with Gasteiger partial charge in [0.2, 0.25) is 11.8 Å². The van der Waals surface area contributed by atoms with Gasteiger partial charge in [-0.15, -0.1) is 0 Å². The van der Waals surface area contributed by atoms with Crippen LogP contribution < -0.4 is 10.6 Å². The number of rotatable bonds is 6. The van der Waals surface area contributed by atoms with Crippen molar-refractivity contribution >= 4 is 17.6 Å². The van der Waals surface area contributed by atoms with E-state index in [1.165, 1.54) is 0 Å². The lowest BCUT2D eigenvalue weighted by Gasteiger charge is -2.27. The summed E-state index contributed by atoms with van der Waals surface area (Å²) >= 11 is 0. The molecule has 1 saturated carbocycles. The first kappa shape index (κ1) is 18.4. The first-order valence-electron chi connectivity index (χ1n) is 8.98. The molecule has 1 heterocycles. The Morgan fingerprint density at radius 1 is 1.21 bits per heavy atom. The molecular weight excluding hydrogens is 302 g/mol. The SMILES string of the molecule is CC(C)C[C@@H](NC(=O)C1CCC(C)CC1)C(=O)Nc1ccccn1. The molecule has 0 radical (unpaired) electrons. The van der Waals surface area contributed by atoms with Crippen molar-refractivity contribution in [1.82, 2.24) is 10.3 Å². The van der Waals surface area contributed by atoms with Crippen LogP contribution in [0.2, 0.25) is 0 Å². The normalized spacial score (nSPS) is 22.0. The zero-order valence-corrected chi connectivity index (χ0v) is 14.9. The minimum atomic E-state index is -0.515. The van der Waals surface area contributed by atoms with Crippen LogP contribution in [0.3, 0.4) is 0 Å². The summed E-state index contributed by atoms with van der Waals surface area (Å²) in [4.78, 5) is 29.2. The van der Waals surface area contributed by atoms with Crippen LogP contribution in [0.5, 0.6) is 0 Å². The smallest absolute Gasteiger partial charge is 0.248 e. The minimum absolute atomic E-state index is 0.0173. The predicted octanol–water partition coefficient (Wildman–Crippen LogP) is 3.38. The zero-order chi connectivity index (χ0) is 17.5. The maximum Gasteiger partial charge on any atom is 0.248 e. The van der Waals surface area contributed by atoms with Crippen molar-refractivity contribution in [1.29, 1.82) is 0 Å². The Kier molecular flexibility index (Phi) is 6.76. The van der Waals surface area contributed by atoms with Crippen LogP contribution in [-0.4, -0.2) is 22.8 Å². The molecule has 2 amide bonds. The number of carbonyl (C=O) groups excluding carboxylic acids is 2. The highest BCUT2D eigenvalue weighted by Gasteiger charge is 2.28. The molecule has 1 atom stereocenters. The number of aromatic nitrogens is 1. The van der Waals surface area contributed by atoms with Crippen molar-refractivity contribution in [3.8, 4) is 0 Å². The van der Waals surface area contributed by atoms with Gasteiger partial charge in [0.05, 0.1) is 0 Å². The van der Waals surface area contributed by atoms with E-state index in [9.17, 15) is 9.59 Å². The third kappa shape index (κ3) is 5.62. The third-order valence-corrected chi connectivity index (χ3v) is 4.64. The number of nitrogens with one attached hydrogen (secondary N) is 2. The van der Waals surface area contributed by atoms with Crippen LogP contribution in [0.1, 0.15) is 52.9 Å². The van der Waals surface area contributed by atoms with E-state index < -0.39 is 6.04 Å². The molecule has 0 aliphatic heterocycles. The van der Waals surface area contributed by atoms with Gasteiger partial charge in [0, 0.05) is 12.1 Å². The molecule has 0 spiro atoms. The van der Waals surface area contributed by atoms with Crippen molar-refractivity contribution < 1.29 is 9.59 Å². The largest absolute Gasteiger partial charge is 0.344 e. The van der Waals surface area contributed by atoms with Gasteiger partial charge in [-0.25, -0.2) is 4.98 Å². The first-order valence-corrected chi connectivity index (χ1v) is 8.98. The summed E-state index contributed by atoms with van der Waals surface area (Å²) in [5, 5.41) is 5.77. The molecule has 1 aliphatic carbocycles. The number of amides is 2. The van der Waals surface area contributed by atoms with Crippen molar-refractivity contribution in [2.24, 2.45) is 17.8 Å². The number of pyridine rings is 1. The summed E-state index contributed by atoms with van der Waals surface area (Å²) in [6.45, 7) is 6.33. The Bertz CT molecular complexity index is 537. The van der Waals surface area contributed by atoms with Gasteiger partial charge in [0.15, 0.2) is 0 Å². The van der Waals surface area contributed by atoms with Gasteiger partial charge in [-0.3, -0.25) is 9.59 Å². The molecule has 1 aliphatic rings. The maximum absolute atomic E-state index is 12.6. The highest BCUT2D eigenvalue weighted by molar-refractivity contribution is 5.96. The average molecular weight is 331 g/mol. The molecule has 2 rings (SSSR count). The highest BCUT2D eigenvalue weighted by Crippen LogP contribution is 2.28. The fourth-order valence-electron chi connectivity index (χ4n) is 3.16. The van der Waals surface area contributed by atoms with Gasteiger partial charge in [0.25, 0.3) is 0 Å². The van der Waals surface area contributed by atoms with E-state index in [0.717, 1.165) is 25.7 Å². The molecule has 5 heteroatoms. The van der Waals surface area contributed by atoms with Crippen molar-refractivity contribution in [2.75, 3.05) is 5.32 Å². The summed E-state index contributed by atoms with van der Waals surface area (Å²) in [6.07, 6.45) is 6.27. The predicted molar refractivity (Wildman–Crippen MR) is 95.4 cm³/mol. The van der Waals surface area contributed by atoms with Gasteiger partial charge in [-0.1, -0.05) is 26.8 Å². The second-order valence-electron chi connectivity index (χ2n) is 7.35. The van der Waals surface area contributed by atoms with E-state index in [4.69, 9.17) is 0 Å². The summed E-state index contributed by atoms with van der Waals surface area (Å²) < 4.78 is 0. The summed E-state index contributed by atoms with van der Waals surface area (Å²) in [5.74, 6) is 1.39. The first-order chi connectivity index (χ1) is 11.5. The lowest BCUT2D eigenvalue weighted by molar-refractivity contribution is -0.130. The van der Waals surface area contributed by atoms with Crippen molar-refractivity contribution in [3.05, 3.63) is 24.4 Å². The fourth-order valence-corrected chi connectivity index (χ4v) is 3.16. The molecule has 24 heavy (non-hydrogen) atoms. The van der Waals surface area contributed by atoms with E-state index in [0.29, 0.717) is 24.1 Å². The topological polar surface area (TPSA) is 71.1 Å². The van der Waals surface area contributed by atoms with Gasteiger partial charge < -0.3 is 10.6 Å². The zero-order valence-electron chi connectivity index (χ0n) is 14.9. The number of hydrogen-bond donors (Lipinski definition) is 2. The number of nitrogens with zero attached hydrogens (tertiary/aromatic N) is 1. The molecule has 5 nitrogen and oxygen atoms in total. The van der Waals surface area contributed by atoms with E-state index in [2.05, 4.69) is 36.4 Å².